The summed E-state index contributed by atoms with van der Waals surface area (Å²) in [6, 6.07) is 11.9. The Morgan fingerprint density at radius 3 is 2.71 bits per heavy atom. The van der Waals surface area contributed by atoms with Gasteiger partial charge in [-0.3, -0.25) is 0 Å². The van der Waals surface area contributed by atoms with Crippen LogP contribution in [-0.2, 0) is 0 Å². The molecule has 2 aromatic carbocycles. The summed E-state index contributed by atoms with van der Waals surface area (Å²) in [6.45, 7) is 1.96. The van der Waals surface area contributed by atoms with E-state index in [0.717, 1.165) is 16.9 Å². The van der Waals surface area contributed by atoms with Gasteiger partial charge in [0.1, 0.15) is 11.5 Å². The Labute approximate surface area is 122 Å². The summed E-state index contributed by atoms with van der Waals surface area (Å²) in [5, 5.41) is 0.708. The third kappa shape index (κ3) is 2.38. The topological polar surface area (TPSA) is 48.4 Å². The molecule has 3 aromatic rings. The van der Waals surface area contributed by atoms with Crippen LogP contribution in [0.1, 0.15) is 22.9 Å². The predicted molar refractivity (Wildman–Crippen MR) is 79.9 cm³/mol. The molecule has 4 heteroatoms. The smallest absolute Gasteiger partial charge is 0.169 e. The van der Waals surface area contributed by atoms with Crippen molar-refractivity contribution in [1.82, 2.24) is 0 Å². The molecule has 108 valence electrons. The standard InChI is InChI=1S/C17H16FNO2/c1-10-6-7-11(8-14(10)20-2)16(19)15-9-12-4-3-5-13(18)17(12)21-15/h3-9,16H,19H2,1-2H3. The van der Waals surface area contributed by atoms with Crippen LogP contribution >= 0.6 is 0 Å². The number of hydrogen-bond donors (Lipinski definition) is 1. The van der Waals surface area contributed by atoms with Gasteiger partial charge in [-0.05, 0) is 36.2 Å². The molecule has 0 saturated carbocycles. The summed E-state index contributed by atoms with van der Waals surface area (Å²) in [6.07, 6.45) is 0. The maximum atomic E-state index is 13.7. The van der Waals surface area contributed by atoms with E-state index in [1.807, 2.05) is 25.1 Å². The number of ether oxygens (including phenoxy) is 1. The van der Waals surface area contributed by atoms with E-state index in [0.29, 0.717) is 11.1 Å². The van der Waals surface area contributed by atoms with Gasteiger partial charge in [-0.15, -0.1) is 0 Å². The summed E-state index contributed by atoms with van der Waals surface area (Å²) in [5.74, 6) is 0.915. The van der Waals surface area contributed by atoms with Crippen molar-refractivity contribution in [3.63, 3.8) is 0 Å². The van der Waals surface area contributed by atoms with Crippen molar-refractivity contribution in [3.05, 3.63) is 65.2 Å². The monoisotopic (exact) mass is 285 g/mol. The van der Waals surface area contributed by atoms with Crippen molar-refractivity contribution < 1.29 is 13.5 Å². The Kier molecular flexibility index (Phi) is 3.39. The number of methoxy groups -OCH3 is 1. The minimum Gasteiger partial charge on any atom is -0.496 e. The molecule has 0 radical (unpaired) electrons. The van der Waals surface area contributed by atoms with E-state index < -0.39 is 6.04 Å². The lowest BCUT2D eigenvalue weighted by Crippen LogP contribution is -2.11. The van der Waals surface area contributed by atoms with E-state index in [1.54, 1.807) is 25.3 Å². The zero-order valence-electron chi connectivity index (χ0n) is 11.9. The van der Waals surface area contributed by atoms with E-state index in [1.165, 1.54) is 6.07 Å². The highest BCUT2D eigenvalue weighted by molar-refractivity contribution is 5.78. The van der Waals surface area contributed by atoms with Gasteiger partial charge in [-0.25, -0.2) is 4.39 Å². The van der Waals surface area contributed by atoms with Gasteiger partial charge in [-0.2, -0.15) is 0 Å². The molecule has 1 heterocycles. The van der Waals surface area contributed by atoms with Crippen molar-refractivity contribution in [3.8, 4) is 5.75 Å². The van der Waals surface area contributed by atoms with Gasteiger partial charge in [0.15, 0.2) is 11.4 Å². The highest BCUT2D eigenvalue weighted by Gasteiger charge is 2.17. The Hall–Kier alpha value is -2.33. The zero-order chi connectivity index (χ0) is 15.0. The first-order valence-corrected chi connectivity index (χ1v) is 6.68. The Balaban J connectivity index is 2.03. The summed E-state index contributed by atoms with van der Waals surface area (Å²) in [7, 11) is 1.62. The number of para-hydroxylation sites is 1. The third-order valence-corrected chi connectivity index (χ3v) is 3.61. The first kappa shape index (κ1) is 13.6. The van der Waals surface area contributed by atoms with Crippen LogP contribution in [0.5, 0.6) is 5.75 Å². The first-order valence-electron chi connectivity index (χ1n) is 6.68. The SMILES string of the molecule is COc1cc(C(N)c2cc3cccc(F)c3o2)ccc1C. The second-order valence-corrected chi connectivity index (χ2v) is 5.01. The van der Waals surface area contributed by atoms with Crippen LogP contribution < -0.4 is 10.5 Å². The lowest BCUT2D eigenvalue weighted by molar-refractivity contribution is 0.410. The molecule has 3 nitrogen and oxygen atoms in total. The fourth-order valence-electron chi connectivity index (χ4n) is 2.40. The highest BCUT2D eigenvalue weighted by Crippen LogP contribution is 2.30. The Morgan fingerprint density at radius 2 is 2.00 bits per heavy atom. The largest absolute Gasteiger partial charge is 0.496 e. The number of fused-ring (bicyclic) bond motifs is 1. The van der Waals surface area contributed by atoms with E-state index in [9.17, 15) is 4.39 Å². The van der Waals surface area contributed by atoms with E-state index in [-0.39, 0.29) is 11.4 Å². The number of benzene rings is 2. The third-order valence-electron chi connectivity index (χ3n) is 3.61. The lowest BCUT2D eigenvalue weighted by atomic mass is 10.0. The quantitative estimate of drug-likeness (QED) is 0.793. The van der Waals surface area contributed by atoms with Crippen molar-refractivity contribution in [2.24, 2.45) is 5.73 Å². The van der Waals surface area contributed by atoms with Gasteiger partial charge in [0, 0.05) is 5.39 Å². The molecule has 1 atom stereocenters. The summed E-state index contributed by atoms with van der Waals surface area (Å²) in [5.41, 5.74) is 8.36. The van der Waals surface area contributed by atoms with Gasteiger partial charge < -0.3 is 14.9 Å². The van der Waals surface area contributed by atoms with Crippen LogP contribution in [0.2, 0.25) is 0 Å². The lowest BCUT2D eigenvalue weighted by Gasteiger charge is -2.12. The van der Waals surface area contributed by atoms with Crippen LogP contribution in [-0.4, -0.2) is 7.11 Å². The minimum atomic E-state index is -0.466. The second-order valence-electron chi connectivity index (χ2n) is 5.01. The Morgan fingerprint density at radius 1 is 1.19 bits per heavy atom. The molecule has 21 heavy (non-hydrogen) atoms. The van der Waals surface area contributed by atoms with Gasteiger partial charge >= 0.3 is 0 Å². The van der Waals surface area contributed by atoms with Gasteiger partial charge in [0.05, 0.1) is 13.2 Å². The minimum absolute atomic E-state index is 0.238. The molecule has 0 amide bonds. The molecule has 0 aliphatic rings. The van der Waals surface area contributed by atoms with Gasteiger partial charge in [0.2, 0.25) is 0 Å². The molecule has 0 aliphatic heterocycles. The number of hydrogen-bond acceptors (Lipinski definition) is 3. The normalized spacial score (nSPS) is 12.6. The van der Waals surface area contributed by atoms with Crippen LogP contribution in [0.15, 0.2) is 46.9 Å². The van der Waals surface area contributed by atoms with Gasteiger partial charge in [0.25, 0.3) is 0 Å². The molecule has 0 aliphatic carbocycles. The maximum Gasteiger partial charge on any atom is 0.169 e. The molecule has 0 fully saturated rings. The summed E-state index contributed by atoms with van der Waals surface area (Å²) < 4.78 is 24.6. The predicted octanol–water partition coefficient (Wildman–Crippen LogP) is 3.94. The maximum absolute atomic E-state index is 13.7. The van der Waals surface area contributed by atoms with Crippen molar-refractivity contribution in [2.75, 3.05) is 7.11 Å². The summed E-state index contributed by atoms with van der Waals surface area (Å²) >= 11 is 0. The second kappa shape index (κ2) is 5.22. The number of furan rings is 1. The molecule has 1 unspecified atom stereocenters. The van der Waals surface area contributed by atoms with Crippen LogP contribution in [0.25, 0.3) is 11.0 Å². The zero-order valence-corrected chi connectivity index (χ0v) is 11.9. The first-order chi connectivity index (χ1) is 10.1. The number of halogens is 1. The number of rotatable bonds is 3. The highest BCUT2D eigenvalue weighted by atomic mass is 19.1. The van der Waals surface area contributed by atoms with Crippen molar-refractivity contribution in [1.29, 1.82) is 0 Å². The van der Waals surface area contributed by atoms with Crippen LogP contribution in [0.3, 0.4) is 0 Å². The molecule has 2 N–H and O–H groups in total. The fraction of sp³-hybridized carbons (Fsp3) is 0.176. The average molecular weight is 285 g/mol. The molecule has 0 spiro atoms. The molecule has 0 bridgehead atoms. The average Bonchev–Trinajstić information content (AvgIpc) is 2.92. The van der Waals surface area contributed by atoms with Crippen LogP contribution in [0, 0.1) is 12.7 Å². The summed E-state index contributed by atoms with van der Waals surface area (Å²) in [4.78, 5) is 0. The van der Waals surface area contributed by atoms with Crippen molar-refractivity contribution >= 4 is 11.0 Å². The van der Waals surface area contributed by atoms with Gasteiger partial charge in [-0.1, -0.05) is 24.3 Å². The van der Waals surface area contributed by atoms with Crippen molar-refractivity contribution in [2.45, 2.75) is 13.0 Å². The molecule has 1 aromatic heterocycles. The molecule has 3 rings (SSSR count). The Bertz CT molecular complexity index is 795. The molecular weight excluding hydrogens is 269 g/mol. The van der Waals surface area contributed by atoms with E-state index >= 15 is 0 Å². The number of nitrogens with two attached hydrogens (primary N) is 1. The fourth-order valence-corrected chi connectivity index (χ4v) is 2.40. The van der Waals surface area contributed by atoms with E-state index in [4.69, 9.17) is 14.9 Å². The van der Waals surface area contributed by atoms with Crippen LogP contribution in [0.4, 0.5) is 4.39 Å². The molecular formula is C17H16FNO2. The van der Waals surface area contributed by atoms with E-state index in [2.05, 4.69) is 0 Å². The number of aryl methyl sites for hydroxylation is 1. The molecule has 0 saturated heterocycles.